The van der Waals surface area contributed by atoms with E-state index < -0.39 is 35.7 Å². The van der Waals surface area contributed by atoms with Crippen LogP contribution in [0.3, 0.4) is 0 Å². The minimum Gasteiger partial charge on any atom is -0.339 e. The number of nitrogens with one attached hydrogen (secondary N) is 2. The predicted octanol–water partition coefficient (Wildman–Crippen LogP) is 4.83. The molecule has 7 nitrogen and oxygen atoms in total. The molecule has 0 saturated heterocycles. The lowest BCUT2D eigenvalue weighted by Gasteiger charge is -2.27. The normalized spacial score (nSPS) is 14.3. The van der Waals surface area contributed by atoms with Crippen LogP contribution in [-0.2, 0) is 9.59 Å². The second kappa shape index (κ2) is 10.3. The van der Waals surface area contributed by atoms with E-state index in [1.165, 1.54) is 0 Å². The number of fused-ring (bicyclic) bond motifs is 1. The van der Waals surface area contributed by atoms with Crippen molar-refractivity contribution in [3.8, 4) is 0 Å². The highest BCUT2D eigenvalue weighted by atomic mass is 35.5. The number of rotatable bonds is 7. The van der Waals surface area contributed by atoms with Crippen LogP contribution in [0.2, 0.25) is 5.02 Å². The Kier molecular flexibility index (Phi) is 7.22. The lowest BCUT2D eigenvalue weighted by atomic mass is 10.0. The van der Waals surface area contributed by atoms with E-state index in [2.05, 4.69) is 10.6 Å². The minimum atomic E-state index is -1.09. The molecule has 0 aromatic heterocycles. The predicted molar refractivity (Wildman–Crippen MR) is 138 cm³/mol. The molecule has 0 spiro atoms. The lowest BCUT2D eigenvalue weighted by Crippen LogP contribution is -2.51. The summed E-state index contributed by atoms with van der Waals surface area (Å²) in [6, 6.07) is 16.5. The number of para-hydroxylation sites is 1. The number of benzene rings is 3. The Hall–Kier alpha value is -3.97. The van der Waals surface area contributed by atoms with Gasteiger partial charge in [-0.15, -0.1) is 0 Å². The van der Waals surface area contributed by atoms with E-state index >= 15 is 0 Å². The summed E-state index contributed by atoms with van der Waals surface area (Å²) in [6.45, 7) is 5.48. The summed E-state index contributed by atoms with van der Waals surface area (Å²) < 4.78 is 0. The largest absolute Gasteiger partial charge is 0.339 e. The first-order valence-electron chi connectivity index (χ1n) is 11.6. The van der Waals surface area contributed by atoms with Gasteiger partial charge in [0.25, 0.3) is 17.7 Å². The van der Waals surface area contributed by atoms with Crippen molar-refractivity contribution in [1.29, 1.82) is 0 Å². The maximum atomic E-state index is 13.5. The van der Waals surface area contributed by atoms with Gasteiger partial charge in [-0.3, -0.25) is 24.1 Å². The first kappa shape index (κ1) is 25.1. The fourth-order valence-electron chi connectivity index (χ4n) is 4.38. The molecule has 2 atom stereocenters. The van der Waals surface area contributed by atoms with Gasteiger partial charge in [-0.2, -0.15) is 0 Å². The Morgan fingerprint density at radius 1 is 0.833 bits per heavy atom. The molecule has 4 amide bonds. The zero-order valence-electron chi connectivity index (χ0n) is 20.2. The Balaban J connectivity index is 1.63. The van der Waals surface area contributed by atoms with Gasteiger partial charge in [-0.1, -0.05) is 61.0 Å². The first-order chi connectivity index (χ1) is 17.2. The third kappa shape index (κ3) is 4.75. The Morgan fingerprint density at radius 3 is 1.92 bits per heavy atom. The van der Waals surface area contributed by atoms with E-state index in [9.17, 15) is 19.2 Å². The van der Waals surface area contributed by atoms with Gasteiger partial charge >= 0.3 is 0 Å². The van der Waals surface area contributed by atoms with Gasteiger partial charge in [-0.25, -0.2) is 0 Å². The summed E-state index contributed by atoms with van der Waals surface area (Å²) in [5.74, 6) is -2.12. The number of hydrogen-bond donors (Lipinski definition) is 2. The monoisotopic (exact) mass is 503 g/mol. The molecule has 3 aromatic rings. The molecule has 0 saturated carbocycles. The van der Waals surface area contributed by atoms with Gasteiger partial charge < -0.3 is 10.6 Å². The maximum absolute atomic E-state index is 13.5. The summed E-state index contributed by atoms with van der Waals surface area (Å²) in [6.07, 6.45) is 0.184. The zero-order chi connectivity index (χ0) is 26.0. The number of carbonyl (C=O) groups excluding carboxylic acids is 4. The van der Waals surface area contributed by atoms with Gasteiger partial charge in [0.05, 0.1) is 11.1 Å². The van der Waals surface area contributed by atoms with Crippen LogP contribution in [-0.4, -0.2) is 34.6 Å². The molecule has 1 aliphatic heterocycles. The Labute approximate surface area is 214 Å². The number of imide groups is 1. The second-order valence-electron chi connectivity index (χ2n) is 8.70. The molecule has 0 radical (unpaired) electrons. The van der Waals surface area contributed by atoms with Gasteiger partial charge in [0.1, 0.15) is 12.1 Å². The fraction of sp³-hybridized carbons (Fsp3) is 0.214. The van der Waals surface area contributed by atoms with Gasteiger partial charge in [0.15, 0.2) is 0 Å². The Bertz CT molecular complexity index is 1300. The molecule has 1 heterocycles. The highest BCUT2D eigenvalue weighted by Gasteiger charge is 2.42. The number of amides is 4. The molecule has 3 aromatic carbocycles. The van der Waals surface area contributed by atoms with E-state index in [1.54, 1.807) is 55.5 Å². The minimum absolute atomic E-state index is 0.184. The Morgan fingerprint density at radius 2 is 1.39 bits per heavy atom. The first-order valence-corrected chi connectivity index (χ1v) is 12.0. The summed E-state index contributed by atoms with van der Waals surface area (Å²) in [7, 11) is 0. The van der Waals surface area contributed by atoms with Crippen molar-refractivity contribution >= 4 is 40.9 Å². The van der Waals surface area contributed by atoms with Crippen LogP contribution in [0.5, 0.6) is 0 Å². The summed E-state index contributed by atoms with van der Waals surface area (Å²) in [5, 5.41) is 6.17. The molecule has 36 heavy (non-hydrogen) atoms. The molecular weight excluding hydrogens is 478 g/mol. The van der Waals surface area contributed by atoms with Crippen molar-refractivity contribution in [2.24, 2.45) is 0 Å². The number of hydrogen-bond acceptors (Lipinski definition) is 4. The summed E-state index contributed by atoms with van der Waals surface area (Å²) in [4.78, 5) is 53.9. The maximum Gasteiger partial charge on any atom is 0.262 e. The van der Waals surface area contributed by atoms with Crippen molar-refractivity contribution in [1.82, 2.24) is 10.2 Å². The van der Waals surface area contributed by atoms with Gasteiger partial charge in [0.2, 0.25) is 5.91 Å². The van der Waals surface area contributed by atoms with Crippen molar-refractivity contribution in [3.63, 3.8) is 0 Å². The van der Waals surface area contributed by atoms with Crippen LogP contribution in [0.1, 0.15) is 56.8 Å². The summed E-state index contributed by atoms with van der Waals surface area (Å²) >= 11 is 6.04. The number of aryl methyl sites for hydroxylation is 2. The quantitative estimate of drug-likeness (QED) is 0.451. The van der Waals surface area contributed by atoms with Crippen molar-refractivity contribution in [3.05, 3.63) is 99.6 Å². The van der Waals surface area contributed by atoms with Gasteiger partial charge in [-0.05, 0) is 61.2 Å². The van der Waals surface area contributed by atoms with Crippen LogP contribution in [0.15, 0.2) is 66.7 Å². The zero-order valence-corrected chi connectivity index (χ0v) is 20.9. The molecule has 0 aliphatic carbocycles. The number of anilines is 1. The molecule has 0 fully saturated rings. The van der Waals surface area contributed by atoms with Crippen molar-refractivity contribution in [2.75, 3.05) is 5.32 Å². The molecule has 2 N–H and O–H groups in total. The average molecular weight is 504 g/mol. The molecule has 1 aliphatic rings. The number of halogens is 1. The van der Waals surface area contributed by atoms with Crippen LogP contribution < -0.4 is 10.6 Å². The number of carbonyl (C=O) groups is 4. The van der Waals surface area contributed by atoms with Crippen molar-refractivity contribution in [2.45, 2.75) is 39.3 Å². The third-order valence-electron chi connectivity index (χ3n) is 6.31. The molecule has 8 heteroatoms. The summed E-state index contributed by atoms with van der Waals surface area (Å²) in [5.41, 5.74) is 3.44. The van der Waals surface area contributed by atoms with Gasteiger partial charge in [0, 0.05) is 10.7 Å². The van der Waals surface area contributed by atoms with E-state index in [4.69, 9.17) is 11.6 Å². The SMILES string of the molecule is CCC(C(=O)NC(C(=O)Nc1c(C)cccc1C)c1ccc(Cl)cc1)N1C(=O)c2ccccc2C1=O. The standard InChI is InChI=1S/C28H26ClN3O4/c1-4-22(32-27(35)20-10-5-6-11-21(20)28(32)36)25(33)31-24(18-12-14-19(29)15-13-18)26(34)30-23-16(2)8-7-9-17(23)3/h5-15,22,24H,4H2,1-3H3,(H,30,34)(H,31,33). The van der Waals surface area contributed by atoms with Crippen molar-refractivity contribution < 1.29 is 19.2 Å². The second-order valence-corrected chi connectivity index (χ2v) is 9.14. The van der Waals surface area contributed by atoms with E-state index in [0.717, 1.165) is 16.0 Å². The van der Waals surface area contributed by atoms with E-state index in [0.29, 0.717) is 16.3 Å². The lowest BCUT2D eigenvalue weighted by molar-refractivity contribution is -0.129. The number of nitrogens with zero attached hydrogens (tertiary/aromatic N) is 1. The molecule has 184 valence electrons. The van der Waals surface area contributed by atoms with E-state index in [1.807, 2.05) is 32.0 Å². The molecular formula is C28H26ClN3O4. The van der Waals surface area contributed by atoms with Crippen LogP contribution in [0.25, 0.3) is 0 Å². The average Bonchev–Trinajstić information content (AvgIpc) is 3.11. The molecule has 2 unspecified atom stereocenters. The molecule has 4 rings (SSSR count). The van der Waals surface area contributed by atoms with E-state index in [-0.39, 0.29) is 17.5 Å². The van der Waals surface area contributed by atoms with Crippen LogP contribution in [0, 0.1) is 13.8 Å². The van der Waals surface area contributed by atoms with Crippen LogP contribution in [0.4, 0.5) is 5.69 Å². The highest BCUT2D eigenvalue weighted by Crippen LogP contribution is 2.27. The molecule has 0 bridgehead atoms. The topological polar surface area (TPSA) is 95.6 Å². The highest BCUT2D eigenvalue weighted by molar-refractivity contribution is 6.30. The van der Waals surface area contributed by atoms with Crippen LogP contribution >= 0.6 is 11.6 Å². The smallest absolute Gasteiger partial charge is 0.262 e. The third-order valence-corrected chi connectivity index (χ3v) is 6.56. The fourth-order valence-corrected chi connectivity index (χ4v) is 4.50.